The van der Waals surface area contributed by atoms with E-state index in [9.17, 15) is 4.79 Å². The van der Waals surface area contributed by atoms with E-state index in [0.29, 0.717) is 11.7 Å². The van der Waals surface area contributed by atoms with Gasteiger partial charge in [0.15, 0.2) is 17.1 Å². The Bertz CT molecular complexity index is 699. The molecule has 2 aromatic rings. The number of hydrogen-bond donors (Lipinski definition) is 1. The summed E-state index contributed by atoms with van der Waals surface area (Å²) in [6.45, 7) is 8.72. The van der Waals surface area contributed by atoms with Crippen LogP contribution in [0.4, 0.5) is 0 Å². The highest BCUT2D eigenvalue weighted by atomic mass is 32.2. The molecule has 0 aliphatic rings. The predicted molar refractivity (Wildman–Crippen MR) is 90.6 cm³/mol. The summed E-state index contributed by atoms with van der Waals surface area (Å²) in [5, 5.41) is 9.05. The molecule has 2 rings (SSSR count). The molecule has 1 amide bonds. The minimum atomic E-state index is -0.373. The number of nitrogens with two attached hydrogens (primary N) is 1. The molecule has 0 radical (unpaired) electrons. The lowest BCUT2D eigenvalue weighted by atomic mass is 10.1. The molecule has 0 saturated heterocycles. The summed E-state index contributed by atoms with van der Waals surface area (Å²) >= 11 is 1.29. The van der Waals surface area contributed by atoms with E-state index >= 15 is 0 Å². The van der Waals surface area contributed by atoms with Gasteiger partial charge in [0.05, 0.1) is 5.75 Å². The van der Waals surface area contributed by atoms with Crippen molar-refractivity contribution in [3.05, 3.63) is 35.2 Å². The van der Waals surface area contributed by atoms with Gasteiger partial charge in [0.25, 0.3) is 0 Å². The van der Waals surface area contributed by atoms with Crippen molar-refractivity contribution in [1.29, 1.82) is 0 Å². The summed E-state index contributed by atoms with van der Waals surface area (Å²) in [5.41, 5.74) is 7.47. The first kappa shape index (κ1) is 17.3. The lowest BCUT2D eigenvalue weighted by Crippen LogP contribution is -2.15. The molecular weight excluding hydrogens is 312 g/mol. The molecule has 0 unspecified atom stereocenters. The monoisotopic (exact) mass is 334 g/mol. The topological polar surface area (TPSA) is 83.0 Å². The van der Waals surface area contributed by atoms with E-state index in [2.05, 4.69) is 23.2 Å². The van der Waals surface area contributed by atoms with Gasteiger partial charge in [0, 0.05) is 6.54 Å². The predicted octanol–water partition coefficient (Wildman–Crippen LogP) is 2.63. The maximum Gasteiger partial charge on any atom is 0.227 e. The van der Waals surface area contributed by atoms with Gasteiger partial charge < -0.3 is 15.0 Å². The first-order valence-electron chi connectivity index (χ1n) is 7.50. The number of aryl methyl sites for hydroxylation is 2. The van der Waals surface area contributed by atoms with Crippen LogP contribution in [0.25, 0.3) is 0 Å². The number of carbonyl (C=O) groups excluding carboxylic acids is 1. The SMILES string of the molecule is CCn1c(SCC(N)=O)nnc1[C@H](C)Oc1ccc(C)cc1C. The largest absolute Gasteiger partial charge is 0.482 e. The van der Waals surface area contributed by atoms with Crippen LogP contribution in [0.5, 0.6) is 5.75 Å². The second kappa shape index (κ2) is 7.50. The van der Waals surface area contributed by atoms with Crippen LogP contribution >= 0.6 is 11.8 Å². The van der Waals surface area contributed by atoms with Crippen LogP contribution in [0.3, 0.4) is 0 Å². The Morgan fingerprint density at radius 3 is 2.74 bits per heavy atom. The first-order valence-corrected chi connectivity index (χ1v) is 8.49. The second-order valence-corrected chi connectivity index (χ2v) is 6.31. The zero-order valence-electron chi connectivity index (χ0n) is 13.9. The number of carbonyl (C=O) groups is 1. The highest BCUT2D eigenvalue weighted by molar-refractivity contribution is 7.99. The summed E-state index contributed by atoms with van der Waals surface area (Å²) < 4.78 is 7.99. The third-order valence-electron chi connectivity index (χ3n) is 3.40. The fraction of sp³-hybridized carbons (Fsp3) is 0.438. The Hall–Kier alpha value is -2.02. The van der Waals surface area contributed by atoms with Crippen molar-refractivity contribution in [2.75, 3.05) is 5.75 Å². The van der Waals surface area contributed by atoms with Gasteiger partial charge in [-0.2, -0.15) is 0 Å². The Kier molecular flexibility index (Phi) is 5.65. The van der Waals surface area contributed by atoms with Gasteiger partial charge in [-0.15, -0.1) is 10.2 Å². The lowest BCUT2D eigenvalue weighted by molar-refractivity contribution is -0.115. The zero-order valence-corrected chi connectivity index (χ0v) is 14.7. The van der Waals surface area contributed by atoms with Crippen LogP contribution in [0.15, 0.2) is 23.4 Å². The standard InChI is InChI=1S/C16H22N4O2S/c1-5-20-15(18-19-16(20)23-9-14(17)21)12(4)22-13-7-6-10(2)8-11(13)3/h6-8,12H,5,9H2,1-4H3,(H2,17,21)/t12-/m0/s1. The number of hydrogen-bond acceptors (Lipinski definition) is 5. The molecule has 1 aromatic carbocycles. The summed E-state index contributed by atoms with van der Waals surface area (Å²) in [5.74, 6) is 1.38. The highest BCUT2D eigenvalue weighted by Gasteiger charge is 2.19. The van der Waals surface area contributed by atoms with Crippen LogP contribution in [-0.4, -0.2) is 26.4 Å². The van der Waals surface area contributed by atoms with Gasteiger partial charge in [-0.05, 0) is 39.3 Å². The van der Waals surface area contributed by atoms with E-state index in [1.807, 2.05) is 37.5 Å². The average Bonchev–Trinajstić information content (AvgIpc) is 2.90. The van der Waals surface area contributed by atoms with Crippen molar-refractivity contribution >= 4 is 17.7 Å². The van der Waals surface area contributed by atoms with Crippen molar-refractivity contribution in [1.82, 2.24) is 14.8 Å². The molecule has 1 aromatic heterocycles. The first-order chi connectivity index (χ1) is 10.9. The second-order valence-electron chi connectivity index (χ2n) is 5.37. The maximum atomic E-state index is 10.9. The summed E-state index contributed by atoms with van der Waals surface area (Å²) in [4.78, 5) is 10.9. The van der Waals surface area contributed by atoms with E-state index in [1.54, 1.807) is 0 Å². The molecule has 0 saturated carbocycles. The van der Waals surface area contributed by atoms with Crippen molar-refractivity contribution < 1.29 is 9.53 Å². The summed E-state index contributed by atoms with van der Waals surface area (Å²) in [7, 11) is 0. The molecule has 1 heterocycles. The molecule has 0 aliphatic carbocycles. The molecular formula is C16H22N4O2S. The minimum absolute atomic E-state index is 0.185. The van der Waals surface area contributed by atoms with Crippen LogP contribution in [0, 0.1) is 13.8 Å². The Morgan fingerprint density at radius 1 is 1.39 bits per heavy atom. The number of nitrogens with zero attached hydrogens (tertiary/aromatic N) is 3. The molecule has 0 bridgehead atoms. The number of aromatic nitrogens is 3. The Morgan fingerprint density at radius 2 is 2.13 bits per heavy atom. The van der Waals surface area contributed by atoms with E-state index in [4.69, 9.17) is 10.5 Å². The fourth-order valence-corrected chi connectivity index (χ4v) is 3.06. The normalized spacial score (nSPS) is 12.2. The van der Waals surface area contributed by atoms with Gasteiger partial charge >= 0.3 is 0 Å². The van der Waals surface area contributed by atoms with Crippen molar-refractivity contribution in [2.45, 2.75) is 45.5 Å². The van der Waals surface area contributed by atoms with Crippen LogP contribution < -0.4 is 10.5 Å². The third-order valence-corrected chi connectivity index (χ3v) is 4.39. The minimum Gasteiger partial charge on any atom is -0.482 e. The number of primary amides is 1. The molecule has 1 atom stereocenters. The Labute approximate surface area is 140 Å². The molecule has 2 N–H and O–H groups in total. The highest BCUT2D eigenvalue weighted by Crippen LogP contribution is 2.27. The molecule has 124 valence electrons. The number of ether oxygens (including phenoxy) is 1. The fourth-order valence-electron chi connectivity index (χ4n) is 2.32. The van der Waals surface area contributed by atoms with Crippen molar-refractivity contribution in [3.63, 3.8) is 0 Å². The lowest BCUT2D eigenvalue weighted by Gasteiger charge is -2.17. The van der Waals surface area contributed by atoms with Gasteiger partial charge in [-0.25, -0.2) is 0 Å². The van der Waals surface area contributed by atoms with E-state index in [0.717, 1.165) is 17.1 Å². The van der Waals surface area contributed by atoms with Gasteiger partial charge in [-0.3, -0.25) is 4.79 Å². The van der Waals surface area contributed by atoms with Crippen LogP contribution in [0.1, 0.15) is 36.9 Å². The molecule has 7 heteroatoms. The quantitative estimate of drug-likeness (QED) is 0.787. The molecule has 0 spiro atoms. The van der Waals surface area contributed by atoms with Crippen LogP contribution in [0.2, 0.25) is 0 Å². The third kappa shape index (κ3) is 4.25. The van der Waals surface area contributed by atoms with Crippen molar-refractivity contribution in [3.8, 4) is 5.75 Å². The molecule has 6 nitrogen and oxygen atoms in total. The molecule has 0 aliphatic heterocycles. The number of benzene rings is 1. The number of amides is 1. The van der Waals surface area contributed by atoms with Crippen molar-refractivity contribution in [2.24, 2.45) is 5.73 Å². The van der Waals surface area contributed by atoms with Crippen LogP contribution in [-0.2, 0) is 11.3 Å². The number of rotatable bonds is 7. The Balaban J connectivity index is 2.18. The van der Waals surface area contributed by atoms with Gasteiger partial charge in [0.1, 0.15) is 5.75 Å². The van der Waals surface area contributed by atoms with E-state index < -0.39 is 0 Å². The molecule has 0 fully saturated rings. The summed E-state index contributed by atoms with van der Waals surface area (Å²) in [6, 6.07) is 6.07. The summed E-state index contributed by atoms with van der Waals surface area (Å²) in [6.07, 6.45) is -0.244. The van der Waals surface area contributed by atoms with E-state index in [1.165, 1.54) is 17.3 Å². The zero-order chi connectivity index (χ0) is 17.0. The molecule has 23 heavy (non-hydrogen) atoms. The smallest absolute Gasteiger partial charge is 0.227 e. The van der Waals surface area contributed by atoms with Gasteiger partial charge in [-0.1, -0.05) is 29.5 Å². The van der Waals surface area contributed by atoms with E-state index in [-0.39, 0.29) is 17.8 Å². The van der Waals surface area contributed by atoms with Gasteiger partial charge in [0.2, 0.25) is 5.91 Å². The average molecular weight is 334 g/mol. The number of thioether (sulfide) groups is 1. The maximum absolute atomic E-state index is 10.9.